The van der Waals surface area contributed by atoms with Crippen LogP contribution in [0.4, 0.5) is 0 Å². The first-order chi connectivity index (χ1) is 14.8. The molecule has 0 unspecified atom stereocenters. The maximum Gasteiger partial charge on any atom is 0.300 e. The van der Waals surface area contributed by atoms with Crippen LogP contribution in [0.25, 0.3) is 0 Å². The highest BCUT2D eigenvalue weighted by atomic mass is 35.5. The van der Waals surface area contributed by atoms with Crippen LogP contribution in [0, 0.1) is 0 Å². The quantitative estimate of drug-likeness (QED) is 0.391. The van der Waals surface area contributed by atoms with E-state index in [2.05, 4.69) is 22.1 Å². The Bertz CT molecular complexity index is 987. The van der Waals surface area contributed by atoms with Gasteiger partial charge in [-0.25, -0.2) is 9.97 Å². The number of aliphatic carboxylic acids is 1. The van der Waals surface area contributed by atoms with Gasteiger partial charge in [-0.1, -0.05) is 53.9 Å². The zero-order chi connectivity index (χ0) is 22.8. The molecule has 5 nitrogen and oxygen atoms in total. The van der Waals surface area contributed by atoms with Gasteiger partial charge in [0, 0.05) is 17.0 Å². The monoisotopic (exact) mass is 480 g/mol. The molecule has 3 rings (SSSR count). The van der Waals surface area contributed by atoms with Crippen LogP contribution >= 0.6 is 34.8 Å². The Morgan fingerprint density at radius 2 is 1.52 bits per heavy atom. The van der Waals surface area contributed by atoms with Crippen molar-refractivity contribution in [3.05, 3.63) is 80.8 Å². The van der Waals surface area contributed by atoms with E-state index < -0.39 is 5.97 Å². The van der Waals surface area contributed by atoms with Gasteiger partial charge in [0.2, 0.25) is 0 Å². The van der Waals surface area contributed by atoms with Crippen LogP contribution in [0.2, 0.25) is 15.1 Å². The van der Waals surface area contributed by atoms with Crippen LogP contribution in [-0.2, 0) is 24.1 Å². The van der Waals surface area contributed by atoms with E-state index in [1.54, 1.807) is 24.5 Å². The van der Waals surface area contributed by atoms with Gasteiger partial charge in [-0.15, -0.1) is 0 Å². The number of hydrogen-bond acceptors (Lipinski definition) is 4. The summed E-state index contributed by atoms with van der Waals surface area (Å²) < 4.78 is 5.81. The summed E-state index contributed by atoms with van der Waals surface area (Å²) in [4.78, 5) is 17.5. The summed E-state index contributed by atoms with van der Waals surface area (Å²) in [6.45, 7) is 3.12. The first kappa shape index (κ1) is 24.9. The van der Waals surface area contributed by atoms with Crippen molar-refractivity contribution >= 4 is 40.8 Å². The largest absolute Gasteiger partial charge is 0.481 e. The Balaban J connectivity index is 0.000000785. The molecule has 0 spiro atoms. The van der Waals surface area contributed by atoms with Gasteiger partial charge in [0.1, 0.15) is 17.8 Å². The van der Waals surface area contributed by atoms with Crippen LogP contribution in [0.1, 0.15) is 37.2 Å². The number of carbonyl (C=O) groups is 1. The smallest absolute Gasteiger partial charge is 0.300 e. The molecule has 2 aromatic carbocycles. The Morgan fingerprint density at radius 1 is 0.935 bits per heavy atom. The molecule has 0 aliphatic carbocycles. The molecule has 31 heavy (non-hydrogen) atoms. The number of nitrogens with zero attached hydrogens (tertiary/aromatic N) is 2. The van der Waals surface area contributed by atoms with Gasteiger partial charge in [0.25, 0.3) is 5.97 Å². The summed E-state index contributed by atoms with van der Waals surface area (Å²) >= 11 is 18.3. The summed E-state index contributed by atoms with van der Waals surface area (Å²) in [7, 11) is 0. The fourth-order valence-electron chi connectivity index (χ4n) is 2.78. The number of halogens is 3. The molecule has 3 aromatic rings. The molecule has 0 saturated heterocycles. The Hall–Kier alpha value is -2.34. The van der Waals surface area contributed by atoms with E-state index in [0.717, 1.165) is 49.7 Å². The van der Waals surface area contributed by atoms with Gasteiger partial charge in [-0.05, 0) is 61.6 Å². The number of hydrogen-bond donors (Lipinski definition) is 1. The summed E-state index contributed by atoms with van der Waals surface area (Å²) in [5.74, 6) is 0.522. The number of benzene rings is 2. The molecular weight excluding hydrogens is 459 g/mol. The second kappa shape index (κ2) is 12.5. The Morgan fingerprint density at radius 3 is 2.10 bits per heavy atom. The topological polar surface area (TPSA) is 72.3 Å². The number of aryl methyl sites for hydroxylation is 3. The van der Waals surface area contributed by atoms with Crippen LogP contribution in [0.5, 0.6) is 11.5 Å². The molecule has 0 aliphatic heterocycles. The third-order valence-electron chi connectivity index (χ3n) is 4.14. The maximum absolute atomic E-state index is 9.00. The lowest BCUT2D eigenvalue weighted by Crippen LogP contribution is -1.99. The van der Waals surface area contributed by atoms with E-state index in [9.17, 15) is 0 Å². The fourth-order valence-corrected chi connectivity index (χ4v) is 3.61. The molecule has 0 amide bonds. The molecule has 1 heterocycles. The highest BCUT2D eigenvalue weighted by Gasteiger charge is 2.08. The van der Waals surface area contributed by atoms with E-state index >= 15 is 0 Å². The Kier molecular flexibility index (Phi) is 10.0. The lowest BCUT2D eigenvalue weighted by atomic mass is 10.1. The highest BCUT2D eigenvalue weighted by molar-refractivity contribution is 6.34. The average Bonchev–Trinajstić information content (AvgIpc) is 2.69. The minimum atomic E-state index is -0.833. The summed E-state index contributed by atoms with van der Waals surface area (Å²) in [6.07, 6.45) is 5.13. The van der Waals surface area contributed by atoms with Crippen molar-refractivity contribution < 1.29 is 14.6 Å². The fraction of sp³-hybridized carbons (Fsp3) is 0.261. The normalized spacial score (nSPS) is 10.2. The predicted octanol–water partition coefficient (Wildman–Crippen LogP) is 7.06. The number of carboxylic acid groups (broad SMARTS) is 1. The summed E-state index contributed by atoms with van der Waals surface area (Å²) in [6, 6.07) is 13.1. The van der Waals surface area contributed by atoms with Crippen molar-refractivity contribution in [2.75, 3.05) is 0 Å². The molecule has 164 valence electrons. The van der Waals surface area contributed by atoms with Gasteiger partial charge >= 0.3 is 0 Å². The molecule has 8 heteroatoms. The van der Waals surface area contributed by atoms with Gasteiger partial charge in [-0.2, -0.15) is 0 Å². The second-order valence-electron chi connectivity index (χ2n) is 6.66. The van der Waals surface area contributed by atoms with Gasteiger partial charge in [-0.3, -0.25) is 4.79 Å². The van der Waals surface area contributed by atoms with E-state index in [0.29, 0.717) is 20.8 Å². The van der Waals surface area contributed by atoms with E-state index in [-0.39, 0.29) is 0 Å². The zero-order valence-electron chi connectivity index (χ0n) is 17.2. The van der Waals surface area contributed by atoms with Crippen molar-refractivity contribution in [3.63, 3.8) is 0 Å². The maximum atomic E-state index is 9.00. The third-order valence-corrected chi connectivity index (χ3v) is 5.02. The van der Waals surface area contributed by atoms with Gasteiger partial charge in [0.05, 0.1) is 16.4 Å². The molecule has 0 atom stereocenters. The van der Waals surface area contributed by atoms with Crippen molar-refractivity contribution in [3.8, 4) is 11.5 Å². The molecule has 0 saturated carbocycles. The first-order valence-corrected chi connectivity index (χ1v) is 10.8. The minimum Gasteiger partial charge on any atom is -0.481 e. The summed E-state index contributed by atoms with van der Waals surface area (Å²) in [5.41, 5.74) is 3.05. The molecule has 0 bridgehead atoms. The molecule has 0 aliphatic rings. The average molecular weight is 482 g/mol. The second-order valence-corrected chi connectivity index (χ2v) is 7.91. The van der Waals surface area contributed by atoms with Crippen LogP contribution < -0.4 is 4.74 Å². The lowest BCUT2D eigenvalue weighted by molar-refractivity contribution is -0.134. The van der Waals surface area contributed by atoms with Crippen LogP contribution in [0.15, 0.2) is 48.8 Å². The molecular formula is C23H23Cl3N2O3. The third kappa shape index (κ3) is 8.74. The van der Waals surface area contributed by atoms with Gasteiger partial charge < -0.3 is 9.84 Å². The predicted molar refractivity (Wildman–Crippen MR) is 125 cm³/mol. The van der Waals surface area contributed by atoms with Crippen LogP contribution in [0.3, 0.4) is 0 Å². The Labute approximate surface area is 197 Å². The van der Waals surface area contributed by atoms with Crippen molar-refractivity contribution in [2.45, 2.75) is 39.5 Å². The number of ether oxygens (including phenoxy) is 1. The number of carboxylic acids is 1. The SMILES string of the molecule is CC(=O)O.CCc1ncnc(CCCc2ccc(Oc3cc(Cl)cc(Cl)c3)cc2)c1Cl. The first-order valence-electron chi connectivity index (χ1n) is 9.69. The molecule has 1 aromatic heterocycles. The minimum absolute atomic E-state index is 0.545. The van der Waals surface area contributed by atoms with Crippen molar-refractivity contribution in [2.24, 2.45) is 0 Å². The standard InChI is InChI=1S/C21H19Cl3N2O.C2H4O2/c1-2-19-21(24)20(26-13-25-19)5-3-4-14-6-8-17(9-7-14)27-18-11-15(22)10-16(23)12-18;1-2(3)4/h6-13H,2-5H2,1H3;1H3,(H,3,4). The highest BCUT2D eigenvalue weighted by Crippen LogP contribution is 2.28. The van der Waals surface area contributed by atoms with Gasteiger partial charge in [0.15, 0.2) is 0 Å². The lowest BCUT2D eigenvalue weighted by Gasteiger charge is -2.09. The number of aromatic nitrogens is 2. The molecule has 0 fully saturated rings. The zero-order valence-corrected chi connectivity index (χ0v) is 19.5. The summed E-state index contributed by atoms with van der Waals surface area (Å²) in [5, 5.41) is 9.20. The van der Waals surface area contributed by atoms with E-state index in [1.807, 2.05) is 19.1 Å². The van der Waals surface area contributed by atoms with Crippen molar-refractivity contribution in [1.82, 2.24) is 9.97 Å². The van der Waals surface area contributed by atoms with E-state index in [4.69, 9.17) is 49.4 Å². The van der Waals surface area contributed by atoms with E-state index in [1.165, 1.54) is 5.56 Å². The number of rotatable bonds is 7. The van der Waals surface area contributed by atoms with Crippen LogP contribution in [-0.4, -0.2) is 21.0 Å². The molecule has 1 N–H and O–H groups in total. The molecule has 0 radical (unpaired) electrons. The van der Waals surface area contributed by atoms with Crippen molar-refractivity contribution in [1.29, 1.82) is 0 Å².